The van der Waals surface area contributed by atoms with Crippen molar-refractivity contribution in [1.29, 1.82) is 0 Å². The van der Waals surface area contributed by atoms with Gasteiger partial charge in [0.1, 0.15) is 12.6 Å². The van der Waals surface area contributed by atoms with Crippen LogP contribution in [0.25, 0.3) is 0 Å². The van der Waals surface area contributed by atoms with E-state index in [1.165, 1.54) is 4.90 Å². The Hall–Kier alpha value is -2.24. The number of carboxylic acid groups (broad SMARTS) is 1. The number of para-hydroxylation sites is 2. The minimum Gasteiger partial charge on any atom is -0.485 e. The van der Waals surface area contributed by atoms with Gasteiger partial charge in [0.2, 0.25) is 6.10 Å². The summed E-state index contributed by atoms with van der Waals surface area (Å²) in [6.45, 7) is 2.56. The molecule has 0 aliphatic carbocycles. The van der Waals surface area contributed by atoms with Gasteiger partial charge in [-0.3, -0.25) is 4.79 Å². The molecule has 2 aliphatic heterocycles. The number of benzene rings is 1. The molecular weight excluding hydrogens is 286 g/mol. The van der Waals surface area contributed by atoms with Crippen molar-refractivity contribution in [3.8, 4) is 11.5 Å². The molecule has 2 aliphatic rings. The number of likely N-dealkylation sites (tertiary alicyclic amines) is 1. The molecule has 1 aromatic rings. The van der Waals surface area contributed by atoms with Gasteiger partial charge in [0.05, 0.1) is 0 Å². The maximum absolute atomic E-state index is 12.6. The van der Waals surface area contributed by atoms with E-state index in [0.29, 0.717) is 30.4 Å². The van der Waals surface area contributed by atoms with Gasteiger partial charge in [-0.1, -0.05) is 19.1 Å². The largest absolute Gasteiger partial charge is 0.485 e. The van der Waals surface area contributed by atoms with Gasteiger partial charge in [-0.05, 0) is 30.9 Å². The van der Waals surface area contributed by atoms with Crippen LogP contribution in [0, 0.1) is 5.92 Å². The molecule has 1 fully saturated rings. The number of fused-ring (bicyclic) bond motifs is 1. The number of hydrogen-bond acceptors (Lipinski definition) is 4. The molecule has 22 heavy (non-hydrogen) atoms. The third-order valence-electron chi connectivity index (χ3n) is 4.22. The van der Waals surface area contributed by atoms with E-state index in [9.17, 15) is 14.7 Å². The first-order valence-corrected chi connectivity index (χ1v) is 7.48. The van der Waals surface area contributed by atoms with Crippen molar-refractivity contribution in [3.05, 3.63) is 24.3 Å². The zero-order chi connectivity index (χ0) is 15.7. The number of carboxylic acids is 1. The number of piperidine rings is 1. The Balaban J connectivity index is 1.75. The predicted molar refractivity (Wildman–Crippen MR) is 77.9 cm³/mol. The highest BCUT2D eigenvalue weighted by Gasteiger charge is 2.39. The Labute approximate surface area is 128 Å². The number of hydrogen-bond donors (Lipinski definition) is 1. The highest BCUT2D eigenvalue weighted by atomic mass is 16.6. The molecule has 1 saturated heterocycles. The fraction of sp³-hybridized carbons (Fsp3) is 0.500. The second-order valence-corrected chi connectivity index (χ2v) is 5.88. The van der Waals surface area contributed by atoms with E-state index in [1.807, 2.05) is 13.0 Å². The Morgan fingerprint density at radius 3 is 2.73 bits per heavy atom. The molecule has 2 heterocycles. The van der Waals surface area contributed by atoms with Gasteiger partial charge in [0.15, 0.2) is 11.5 Å². The zero-order valence-electron chi connectivity index (χ0n) is 12.4. The topological polar surface area (TPSA) is 76.1 Å². The summed E-state index contributed by atoms with van der Waals surface area (Å²) in [5.41, 5.74) is 0. The number of rotatable bonds is 2. The fourth-order valence-electron chi connectivity index (χ4n) is 2.97. The lowest BCUT2D eigenvalue weighted by Gasteiger charge is -2.38. The molecule has 0 spiro atoms. The SMILES string of the molecule is CC1CCN(C(=O)C2COc3ccccc3O2)C(C(=O)O)C1. The quantitative estimate of drug-likeness (QED) is 0.897. The number of aliphatic carboxylic acids is 1. The van der Waals surface area contributed by atoms with Crippen molar-refractivity contribution < 1.29 is 24.2 Å². The van der Waals surface area contributed by atoms with E-state index < -0.39 is 18.1 Å². The molecule has 1 aromatic carbocycles. The van der Waals surface area contributed by atoms with Crippen molar-refractivity contribution in [3.63, 3.8) is 0 Å². The smallest absolute Gasteiger partial charge is 0.326 e. The Bertz CT molecular complexity index is 588. The molecule has 3 atom stereocenters. The van der Waals surface area contributed by atoms with Gasteiger partial charge in [-0.2, -0.15) is 0 Å². The second-order valence-electron chi connectivity index (χ2n) is 5.88. The van der Waals surface area contributed by atoms with E-state index in [2.05, 4.69) is 0 Å². The van der Waals surface area contributed by atoms with E-state index in [1.54, 1.807) is 18.2 Å². The Morgan fingerprint density at radius 1 is 1.27 bits per heavy atom. The first-order valence-electron chi connectivity index (χ1n) is 7.48. The van der Waals surface area contributed by atoms with Gasteiger partial charge in [-0.25, -0.2) is 4.79 Å². The summed E-state index contributed by atoms with van der Waals surface area (Å²) < 4.78 is 11.2. The molecular formula is C16H19NO5. The van der Waals surface area contributed by atoms with Gasteiger partial charge in [0.25, 0.3) is 5.91 Å². The first-order chi connectivity index (χ1) is 10.6. The minimum absolute atomic E-state index is 0.105. The van der Waals surface area contributed by atoms with Crippen LogP contribution >= 0.6 is 0 Å². The average Bonchev–Trinajstić information content (AvgIpc) is 2.53. The van der Waals surface area contributed by atoms with Crippen LogP contribution < -0.4 is 9.47 Å². The normalized spacial score (nSPS) is 27.3. The summed E-state index contributed by atoms with van der Waals surface area (Å²) in [5, 5.41) is 9.37. The summed E-state index contributed by atoms with van der Waals surface area (Å²) in [6.07, 6.45) is 0.496. The number of ether oxygens (including phenoxy) is 2. The van der Waals surface area contributed by atoms with Crippen LogP contribution in [0.15, 0.2) is 24.3 Å². The van der Waals surface area contributed by atoms with Crippen molar-refractivity contribution in [1.82, 2.24) is 4.90 Å². The van der Waals surface area contributed by atoms with Crippen molar-refractivity contribution in [2.24, 2.45) is 5.92 Å². The summed E-state index contributed by atoms with van der Waals surface area (Å²) in [7, 11) is 0. The summed E-state index contributed by atoms with van der Waals surface area (Å²) in [4.78, 5) is 25.5. The van der Waals surface area contributed by atoms with Crippen molar-refractivity contribution >= 4 is 11.9 Å². The van der Waals surface area contributed by atoms with Crippen LogP contribution in [-0.2, 0) is 9.59 Å². The molecule has 118 valence electrons. The molecule has 1 amide bonds. The lowest BCUT2D eigenvalue weighted by atomic mass is 9.92. The number of nitrogens with zero attached hydrogens (tertiary/aromatic N) is 1. The standard InChI is InChI=1S/C16H19NO5/c1-10-6-7-17(11(8-10)16(19)20)15(18)14-9-21-12-4-2-3-5-13(12)22-14/h2-5,10-11,14H,6-9H2,1H3,(H,19,20). The van der Waals surface area contributed by atoms with Gasteiger partial charge in [-0.15, -0.1) is 0 Å². The Kier molecular flexibility index (Phi) is 3.92. The molecule has 0 bridgehead atoms. The fourth-order valence-corrected chi connectivity index (χ4v) is 2.97. The number of amides is 1. The maximum atomic E-state index is 12.6. The van der Waals surface area contributed by atoms with E-state index in [-0.39, 0.29) is 12.5 Å². The predicted octanol–water partition coefficient (Wildman–Crippen LogP) is 1.54. The van der Waals surface area contributed by atoms with Gasteiger partial charge < -0.3 is 19.5 Å². The highest BCUT2D eigenvalue weighted by molar-refractivity contribution is 5.87. The minimum atomic E-state index is -0.961. The molecule has 3 unspecified atom stereocenters. The maximum Gasteiger partial charge on any atom is 0.326 e. The van der Waals surface area contributed by atoms with E-state index >= 15 is 0 Å². The number of carbonyl (C=O) groups excluding carboxylic acids is 1. The summed E-state index contributed by atoms with van der Waals surface area (Å²) in [5.74, 6) is 0.151. The lowest BCUT2D eigenvalue weighted by Crippen LogP contribution is -2.55. The third-order valence-corrected chi connectivity index (χ3v) is 4.22. The van der Waals surface area contributed by atoms with Crippen LogP contribution in [0.4, 0.5) is 0 Å². The Morgan fingerprint density at radius 2 is 2.00 bits per heavy atom. The van der Waals surface area contributed by atoms with Crippen molar-refractivity contribution in [2.75, 3.05) is 13.2 Å². The monoisotopic (exact) mass is 305 g/mol. The van der Waals surface area contributed by atoms with E-state index in [0.717, 1.165) is 6.42 Å². The molecule has 0 aromatic heterocycles. The molecule has 0 saturated carbocycles. The van der Waals surface area contributed by atoms with Crippen LogP contribution in [-0.4, -0.2) is 47.2 Å². The van der Waals surface area contributed by atoms with Crippen LogP contribution in [0.2, 0.25) is 0 Å². The second kappa shape index (κ2) is 5.87. The average molecular weight is 305 g/mol. The van der Waals surface area contributed by atoms with Crippen LogP contribution in [0.1, 0.15) is 19.8 Å². The van der Waals surface area contributed by atoms with Crippen LogP contribution in [0.3, 0.4) is 0 Å². The highest BCUT2D eigenvalue weighted by Crippen LogP contribution is 2.32. The van der Waals surface area contributed by atoms with E-state index in [4.69, 9.17) is 9.47 Å². The third kappa shape index (κ3) is 2.73. The summed E-state index contributed by atoms with van der Waals surface area (Å²) >= 11 is 0. The number of carbonyl (C=O) groups is 2. The first kappa shape index (κ1) is 14.7. The van der Waals surface area contributed by atoms with Crippen molar-refractivity contribution in [2.45, 2.75) is 31.9 Å². The molecule has 0 radical (unpaired) electrons. The van der Waals surface area contributed by atoms with Gasteiger partial charge in [0, 0.05) is 6.54 Å². The molecule has 6 heteroatoms. The summed E-state index contributed by atoms with van der Waals surface area (Å²) in [6, 6.07) is 6.37. The molecule has 3 rings (SSSR count). The lowest BCUT2D eigenvalue weighted by molar-refractivity contribution is -0.157. The molecule has 6 nitrogen and oxygen atoms in total. The zero-order valence-corrected chi connectivity index (χ0v) is 12.4. The molecule has 1 N–H and O–H groups in total. The van der Waals surface area contributed by atoms with Crippen LogP contribution in [0.5, 0.6) is 11.5 Å². The van der Waals surface area contributed by atoms with Gasteiger partial charge >= 0.3 is 5.97 Å².